The van der Waals surface area contributed by atoms with E-state index in [1.54, 1.807) is 19.1 Å². The number of carbonyl (C=O) groups excluding carboxylic acids is 5. The van der Waals surface area contributed by atoms with Gasteiger partial charge in [-0.3, -0.25) is 4.79 Å². The Hall–Kier alpha value is -5.97. The number of rotatable bonds is 27. The maximum absolute atomic E-state index is 12.4. The predicted molar refractivity (Wildman–Crippen MR) is 230 cm³/mol. The molecule has 0 saturated heterocycles. The van der Waals surface area contributed by atoms with Crippen LogP contribution in [0.2, 0.25) is 0 Å². The molecule has 0 heterocycles. The van der Waals surface area contributed by atoms with Gasteiger partial charge in [0.1, 0.15) is 49.9 Å². The quantitative estimate of drug-likeness (QED) is 0.0239. The monoisotopic (exact) mass is 824 g/mol. The molecule has 0 saturated carbocycles. The summed E-state index contributed by atoms with van der Waals surface area (Å²) in [6, 6.07) is 21.5. The van der Waals surface area contributed by atoms with Crippen LogP contribution in [-0.2, 0) is 62.4 Å². The standard InChI is InChI=1S/C49H60O11/c1-9-11-12-13-15-37-17-22-41(23-18-37)55-27-14-16-38-19-26-43(40(28-38)29-56-45(51)34(3)4)39-20-24-42(25-21-39)57-30-49(31-58-46(52)35(5)6,32-59-47(53)36(7)8)33-60-48(54)44(50)10-2/h17-26,28H,3,5,7,9-16,27,29-33H2,1-2,4,6,8H3. The minimum Gasteiger partial charge on any atom is -0.494 e. The van der Waals surface area contributed by atoms with Gasteiger partial charge in [0.05, 0.1) is 6.61 Å². The lowest BCUT2D eigenvalue weighted by Gasteiger charge is -2.32. The first-order chi connectivity index (χ1) is 28.7. The largest absolute Gasteiger partial charge is 0.494 e. The number of ketones is 1. The highest BCUT2D eigenvalue weighted by Gasteiger charge is 2.38. The van der Waals surface area contributed by atoms with Crippen LogP contribution >= 0.6 is 0 Å². The Morgan fingerprint density at radius 1 is 0.550 bits per heavy atom. The average Bonchev–Trinajstić information content (AvgIpc) is 3.25. The molecule has 60 heavy (non-hydrogen) atoms. The highest BCUT2D eigenvalue weighted by atomic mass is 16.6. The number of benzene rings is 3. The van der Waals surface area contributed by atoms with E-state index in [9.17, 15) is 24.0 Å². The van der Waals surface area contributed by atoms with E-state index < -0.39 is 54.9 Å². The first-order valence-electron chi connectivity index (χ1n) is 20.4. The third-order valence-electron chi connectivity index (χ3n) is 9.48. The van der Waals surface area contributed by atoms with Crippen molar-refractivity contribution in [2.24, 2.45) is 5.41 Å². The first-order valence-corrected chi connectivity index (χ1v) is 20.4. The first kappa shape index (κ1) is 48.4. The lowest BCUT2D eigenvalue weighted by molar-refractivity contribution is -0.165. The fraction of sp³-hybridized carbons (Fsp3) is 0.408. The molecule has 0 fully saturated rings. The second-order valence-corrected chi connectivity index (χ2v) is 15.1. The average molecular weight is 825 g/mol. The smallest absolute Gasteiger partial charge is 0.374 e. The van der Waals surface area contributed by atoms with Gasteiger partial charge in [-0.15, -0.1) is 0 Å². The molecule has 3 aromatic carbocycles. The van der Waals surface area contributed by atoms with Crippen LogP contribution in [0.1, 0.15) is 89.8 Å². The molecule has 0 atom stereocenters. The van der Waals surface area contributed by atoms with E-state index in [1.165, 1.54) is 52.0 Å². The van der Waals surface area contributed by atoms with Gasteiger partial charge in [-0.1, -0.05) is 95.3 Å². The molecule has 0 N–H and O–H groups in total. The summed E-state index contributed by atoms with van der Waals surface area (Å²) >= 11 is 0. The fourth-order valence-corrected chi connectivity index (χ4v) is 5.79. The molecule has 0 bridgehead atoms. The van der Waals surface area contributed by atoms with Crippen LogP contribution in [0.4, 0.5) is 0 Å². The molecule has 3 aromatic rings. The van der Waals surface area contributed by atoms with Gasteiger partial charge in [0.2, 0.25) is 5.78 Å². The molecular formula is C49H60O11. The highest BCUT2D eigenvalue weighted by molar-refractivity contribution is 6.33. The minimum atomic E-state index is -1.42. The number of unbranched alkanes of at least 4 members (excludes halogenated alkanes) is 3. The van der Waals surface area contributed by atoms with Crippen molar-refractivity contribution >= 4 is 29.7 Å². The summed E-state index contributed by atoms with van der Waals surface area (Å²) < 4.78 is 33.9. The van der Waals surface area contributed by atoms with E-state index in [0.29, 0.717) is 17.9 Å². The van der Waals surface area contributed by atoms with Crippen LogP contribution < -0.4 is 9.47 Å². The van der Waals surface area contributed by atoms with Crippen molar-refractivity contribution in [1.82, 2.24) is 0 Å². The molecule has 0 aromatic heterocycles. The van der Waals surface area contributed by atoms with Gasteiger partial charge in [-0.25, -0.2) is 19.2 Å². The molecule has 0 radical (unpaired) electrons. The molecule has 0 spiro atoms. The zero-order valence-corrected chi connectivity index (χ0v) is 35.9. The van der Waals surface area contributed by atoms with E-state index in [0.717, 1.165) is 47.3 Å². The number of aryl methyl sites for hydroxylation is 2. The second-order valence-electron chi connectivity index (χ2n) is 15.1. The van der Waals surface area contributed by atoms with E-state index in [-0.39, 0.29) is 30.8 Å². The summed E-state index contributed by atoms with van der Waals surface area (Å²) in [6.45, 7) is 18.2. The van der Waals surface area contributed by atoms with Crippen molar-refractivity contribution in [3.8, 4) is 22.6 Å². The van der Waals surface area contributed by atoms with Crippen molar-refractivity contribution in [3.05, 3.63) is 120 Å². The zero-order valence-electron chi connectivity index (χ0n) is 35.9. The third-order valence-corrected chi connectivity index (χ3v) is 9.48. The molecule has 11 nitrogen and oxygen atoms in total. The minimum absolute atomic E-state index is 0.0298. The van der Waals surface area contributed by atoms with Crippen molar-refractivity contribution in [1.29, 1.82) is 0 Å². The zero-order chi connectivity index (χ0) is 44.1. The Labute approximate surface area is 354 Å². The van der Waals surface area contributed by atoms with Crippen LogP contribution in [0.25, 0.3) is 11.1 Å². The Kier molecular flexibility index (Phi) is 20.0. The third kappa shape index (κ3) is 16.4. The van der Waals surface area contributed by atoms with Crippen molar-refractivity contribution in [2.75, 3.05) is 33.0 Å². The Morgan fingerprint density at radius 3 is 1.63 bits per heavy atom. The molecule has 0 aliphatic heterocycles. The normalized spacial score (nSPS) is 10.9. The second kappa shape index (κ2) is 24.8. The summed E-state index contributed by atoms with van der Waals surface area (Å²) in [5, 5.41) is 0. The summed E-state index contributed by atoms with van der Waals surface area (Å²) in [5.41, 5.74) is 3.96. The van der Waals surface area contributed by atoms with Crippen molar-refractivity contribution in [3.63, 3.8) is 0 Å². The van der Waals surface area contributed by atoms with Crippen LogP contribution in [0.3, 0.4) is 0 Å². The van der Waals surface area contributed by atoms with E-state index in [2.05, 4.69) is 38.8 Å². The molecule has 11 heteroatoms. The summed E-state index contributed by atoms with van der Waals surface area (Å²) in [7, 11) is 0. The Bertz CT molecular complexity index is 1930. The van der Waals surface area contributed by atoms with Crippen LogP contribution in [-0.4, -0.2) is 62.7 Å². The number of hydrogen-bond acceptors (Lipinski definition) is 11. The molecular weight excluding hydrogens is 765 g/mol. The molecule has 0 amide bonds. The van der Waals surface area contributed by atoms with Gasteiger partial charge in [0.15, 0.2) is 0 Å². The topological polar surface area (TPSA) is 141 Å². The Balaban J connectivity index is 1.78. The maximum atomic E-state index is 12.4. The van der Waals surface area contributed by atoms with Gasteiger partial charge >= 0.3 is 23.9 Å². The van der Waals surface area contributed by atoms with Gasteiger partial charge in [-0.05, 0) is 98.5 Å². The SMILES string of the molecule is C=C(C)C(=O)OCc1cc(CCCOc2ccc(CCCCCC)cc2)ccc1-c1ccc(OCC(COC(=O)C(=C)C)(COC(=O)C(=C)C)COC(=O)C(=O)CC)cc1. The van der Waals surface area contributed by atoms with Crippen LogP contribution in [0.5, 0.6) is 11.5 Å². The van der Waals surface area contributed by atoms with E-state index >= 15 is 0 Å². The van der Waals surface area contributed by atoms with Gasteiger partial charge in [-0.2, -0.15) is 0 Å². The van der Waals surface area contributed by atoms with Crippen molar-refractivity contribution < 1.29 is 52.4 Å². The fourth-order valence-electron chi connectivity index (χ4n) is 5.79. The number of carbonyl (C=O) groups is 5. The number of ether oxygens (including phenoxy) is 6. The lowest BCUT2D eigenvalue weighted by atomic mass is 9.92. The molecule has 0 aliphatic rings. The van der Waals surface area contributed by atoms with E-state index in [1.807, 2.05) is 42.5 Å². The summed E-state index contributed by atoms with van der Waals surface area (Å²) in [6.07, 6.45) is 7.47. The Morgan fingerprint density at radius 2 is 1.07 bits per heavy atom. The molecule has 322 valence electrons. The molecule has 0 aliphatic carbocycles. The van der Waals surface area contributed by atoms with E-state index in [4.69, 9.17) is 28.4 Å². The van der Waals surface area contributed by atoms with Crippen molar-refractivity contribution in [2.45, 2.75) is 92.6 Å². The number of esters is 4. The summed E-state index contributed by atoms with van der Waals surface area (Å²) in [4.78, 5) is 61.7. The lowest BCUT2D eigenvalue weighted by Crippen LogP contribution is -2.44. The van der Waals surface area contributed by atoms with Gasteiger partial charge in [0.25, 0.3) is 0 Å². The number of hydrogen-bond donors (Lipinski definition) is 0. The maximum Gasteiger partial charge on any atom is 0.374 e. The van der Waals surface area contributed by atoms with Crippen LogP contribution in [0.15, 0.2) is 103 Å². The van der Waals surface area contributed by atoms with Gasteiger partial charge < -0.3 is 28.4 Å². The molecule has 3 rings (SSSR count). The summed E-state index contributed by atoms with van der Waals surface area (Å²) in [5.74, 6) is -2.53. The molecule has 0 unspecified atom stereocenters. The number of Topliss-reactive ketones (excluding diaryl/α,β-unsaturated/α-hetero) is 1. The highest BCUT2D eigenvalue weighted by Crippen LogP contribution is 2.30. The van der Waals surface area contributed by atoms with Gasteiger partial charge in [0, 0.05) is 23.1 Å². The van der Waals surface area contributed by atoms with Crippen LogP contribution in [0, 0.1) is 5.41 Å². The predicted octanol–water partition coefficient (Wildman–Crippen LogP) is 9.23.